The van der Waals surface area contributed by atoms with Crippen molar-refractivity contribution >= 4 is 15.9 Å². The average Bonchev–Trinajstić information content (AvgIpc) is 2.21. The van der Waals surface area contributed by atoms with Gasteiger partial charge in [-0.05, 0) is 63.5 Å². The van der Waals surface area contributed by atoms with Crippen molar-refractivity contribution in [2.24, 2.45) is 5.73 Å². The van der Waals surface area contributed by atoms with E-state index >= 15 is 0 Å². The zero-order valence-corrected chi connectivity index (χ0v) is 12.0. The molecule has 0 radical (unpaired) electrons. The maximum Gasteiger partial charge on any atom is 0.126 e. The molecule has 96 valence electrons. The van der Waals surface area contributed by atoms with Crippen LogP contribution in [0.2, 0.25) is 0 Å². The summed E-state index contributed by atoms with van der Waals surface area (Å²) in [4.78, 5) is 0. The molecule has 0 atom stereocenters. The minimum atomic E-state index is -0.145. The molecule has 0 saturated carbocycles. The van der Waals surface area contributed by atoms with Gasteiger partial charge in [0.25, 0.3) is 0 Å². The number of halogens is 2. The molecule has 0 amide bonds. The van der Waals surface area contributed by atoms with Crippen LogP contribution in [0.5, 0.6) is 0 Å². The highest BCUT2D eigenvalue weighted by molar-refractivity contribution is 9.10. The number of hydrogen-bond donors (Lipinski definition) is 2. The minimum Gasteiger partial charge on any atom is -0.326 e. The Morgan fingerprint density at radius 1 is 1.35 bits per heavy atom. The molecule has 0 aromatic heterocycles. The normalized spacial score (nSPS) is 11.8. The highest BCUT2D eigenvalue weighted by Crippen LogP contribution is 2.15. The molecule has 3 N–H and O–H groups in total. The lowest BCUT2D eigenvalue weighted by Crippen LogP contribution is -2.36. The number of nitrogens with two attached hydrogens (primary N) is 1. The van der Waals surface area contributed by atoms with E-state index in [4.69, 9.17) is 5.73 Å². The summed E-state index contributed by atoms with van der Waals surface area (Å²) in [6, 6.07) is 5.02. The lowest BCUT2D eigenvalue weighted by molar-refractivity contribution is 0.455. The van der Waals surface area contributed by atoms with Crippen molar-refractivity contribution in [3.05, 3.63) is 34.1 Å². The van der Waals surface area contributed by atoms with Crippen LogP contribution in [0.4, 0.5) is 4.39 Å². The summed E-state index contributed by atoms with van der Waals surface area (Å²) in [5.41, 5.74) is 6.46. The van der Waals surface area contributed by atoms with Crippen molar-refractivity contribution < 1.29 is 4.39 Å². The topological polar surface area (TPSA) is 38.0 Å². The van der Waals surface area contributed by atoms with Crippen molar-refractivity contribution in [1.82, 2.24) is 5.32 Å². The minimum absolute atomic E-state index is 0.144. The Morgan fingerprint density at radius 2 is 2.06 bits per heavy atom. The van der Waals surface area contributed by atoms with Gasteiger partial charge in [-0.25, -0.2) is 4.39 Å². The van der Waals surface area contributed by atoms with Crippen molar-refractivity contribution in [2.75, 3.05) is 13.1 Å². The Hall–Kier alpha value is -0.450. The molecule has 4 heteroatoms. The number of rotatable bonds is 6. The SMILES string of the molecule is CC(C)(N)CCNCCc1cc(Br)ccc1F. The first kappa shape index (κ1) is 14.6. The molecule has 1 aromatic rings. The summed E-state index contributed by atoms with van der Waals surface area (Å²) < 4.78 is 14.3. The van der Waals surface area contributed by atoms with E-state index in [9.17, 15) is 4.39 Å². The van der Waals surface area contributed by atoms with Gasteiger partial charge in [-0.15, -0.1) is 0 Å². The summed E-state index contributed by atoms with van der Waals surface area (Å²) in [6.07, 6.45) is 1.60. The van der Waals surface area contributed by atoms with Gasteiger partial charge in [-0.3, -0.25) is 0 Å². The Morgan fingerprint density at radius 3 is 2.71 bits per heavy atom. The van der Waals surface area contributed by atoms with E-state index in [0.29, 0.717) is 6.42 Å². The monoisotopic (exact) mass is 302 g/mol. The number of benzene rings is 1. The van der Waals surface area contributed by atoms with Gasteiger partial charge < -0.3 is 11.1 Å². The molecule has 0 spiro atoms. The summed E-state index contributed by atoms with van der Waals surface area (Å²) in [6.45, 7) is 5.63. The van der Waals surface area contributed by atoms with Crippen LogP contribution in [-0.4, -0.2) is 18.6 Å². The van der Waals surface area contributed by atoms with Crippen molar-refractivity contribution in [3.63, 3.8) is 0 Å². The first-order valence-corrected chi connectivity index (χ1v) is 6.61. The molecular weight excluding hydrogens is 283 g/mol. The van der Waals surface area contributed by atoms with E-state index in [1.807, 2.05) is 19.9 Å². The zero-order valence-electron chi connectivity index (χ0n) is 10.4. The van der Waals surface area contributed by atoms with Gasteiger partial charge in [0, 0.05) is 10.0 Å². The van der Waals surface area contributed by atoms with Crippen molar-refractivity contribution in [3.8, 4) is 0 Å². The first-order chi connectivity index (χ1) is 7.88. The van der Waals surface area contributed by atoms with Gasteiger partial charge in [-0.1, -0.05) is 15.9 Å². The van der Waals surface area contributed by atoms with Gasteiger partial charge in [0.05, 0.1) is 0 Å². The second kappa shape index (κ2) is 6.47. The van der Waals surface area contributed by atoms with Gasteiger partial charge in [0.1, 0.15) is 5.82 Å². The quantitative estimate of drug-likeness (QED) is 0.793. The van der Waals surface area contributed by atoms with E-state index in [1.165, 1.54) is 6.07 Å². The molecule has 0 bridgehead atoms. The third-order valence-corrected chi connectivity index (χ3v) is 3.02. The van der Waals surface area contributed by atoms with Crippen LogP contribution >= 0.6 is 15.9 Å². The fourth-order valence-electron chi connectivity index (χ4n) is 1.49. The molecule has 0 aliphatic carbocycles. The van der Waals surface area contributed by atoms with Crippen LogP contribution in [0.25, 0.3) is 0 Å². The Kier molecular flexibility index (Phi) is 5.56. The van der Waals surface area contributed by atoms with E-state index < -0.39 is 0 Å². The fourth-order valence-corrected chi connectivity index (χ4v) is 1.90. The maximum absolute atomic E-state index is 13.4. The summed E-state index contributed by atoms with van der Waals surface area (Å²) >= 11 is 3.34. The Bertz CT molecular complexity index is 361. The molecule has 0 aliphatic rings. The summed E-state index contributed by atoms with van der Waals surface area (Å²) in [5, 5.41) is 3.28. The van der Waals surface area contributed by atoms with Crippen molar-refractivity contribution in [2.45, 2.75) is 32.2 Å². The Labute approximate surface area is 111 Å². The third kappa shape index (κ3) is 6.15. The highest BCUT2D eigenvalue weighted by Gasteiger charge is 2.09. The van der Waals surface area contributed by atoms with Gasteiger partial charge in [0.15, 0.2) is 0 Å². The Balaban J connectivity index is 2.29. The van der Waals surface area contributed by atoms with Crippen LogP contribution < -0.4 is 11.1 Å². The molecule has 0 unspecified atom stereocenters. The van der Waals surface area contributed by atoms with Gasteiger partial charge in [0.2, 0.25) is 0 Å². The van der Waals surface area contributed by atoms with Gasteiger partial charge >= 0.3 is 0 Å². The molecule has 0 aliphatic heterocycles. The third-order valence-electron chi connectivity index (χ3n) is 2.52. The predicted octanol–water partition coefficient (Wildman–Crippen LogP) is 2.85. The summed E-state index contributed by atoms with van der Waals surface area (Å²) in [7, 11) is 0. The standard InChI is InChI=1S/C13H20BrFN2/c1-13(2,16)6-8-17-7-5-10-9-11(14)3-4-12(10)15/h3-4,9,17H,5-8,16H2,1-2H3. The molecule has 2 nitrogen and oxygen atoms in total. The predicted molar refractivity (Wildman–Crippen MR) is 73.6 cm³/mol. The largest absolute Gasteiger partial charge is 0.326 e. The molecule has 0 fully saturated rings. The van der Waals surface area contributed by atoms with Gasteiger partial charge in [-0.2, -0.15) is 0 Å². The second-order valence-corrected chi connectivity index (χ2v) is 5.89. The lowest BCUT2D eigenvalue weighted by Gasteiger charge is -2.18. The molecule has 1 aromatic carbocycles. The van der Waals surface area contributed by atoms with Crippen LogP contribution in [-0.2, 0) is 6.42 Å². The smallest absolute Gasteiger partial charge is 0.126 e. The highest BCUT2D eigenvalue weighted by atomic mass is 79.9. The number of hydrogen-bond acceptors (Lipinski definition) is 2. The average molecular weight is 303 g/mol. The first-order valence-electron chi connectivity index (χ1n) is 5.82. The van der Waals surface area contributed by atoms with E-state index in [0.717, 1.165) is 29.5 Å². The molecule has 17 heavy (non-hydrogen) atoms. The fraction of sp³-hybridized carbons (Fsp3) is 0.538. The van der Waals surface area contributed by atoms with Crippen LogP contribution in [0.15, 0.2) is 22.7 Å². The van der Waals surface area contributed by atoms with E-state index in [1.54, 1.807) is 6.07 Å². The molecule has 1 rings (SSSR count). The zero-order chi connectivity index (χ0) is 12.9. The molecular formula is C13H20BrFN2. The van der Waals surface area contributed by atoms with Crippen LogP contribution in [0.3, 0.4) is 0 Å². The van der Waals surface area contributed by atoms with Crippen LogP contribution in [0.1, 0.15) is 25.8 Å². The molecule has 0 heterocycles. The van der Waals surface area contributed by atoms with Crippen molar-refractivity contribution in [1.29, 1.82) is 0 Å². The van der Waals surface area contributed by atoms with Crippen LogP contribution in [0, 0.1) is 5.82 Å². The van der Waals surface area contributed by atoms with E-state index in [-0.39, 0.29) is 11.4 Å². The maximum atomic E-state index is 13.4. The molecule has 0 saturated heterocycles. The summed E-state index contributed by atoms with van der Waals surface area (Å²) in [5.74, 6) is -0.144. The second-order valence-electron chi connectivity index (χ2n) is 4.97. The lowest BCUT2D eigenvalue weighted by atomic mass is 10.0. The van der Waals surface area contributed by atoms with E-state index in [2.05, 4.69) is 21.2 Å². The number of nitrogens with one attached hydrogen (secondary N) is 1.